The molecule has 3 atom stereocenters. The molecule has 0 fully saturated rings. The van der Waals surface area contributed by atoms with Gasteiger partial charge in [0.2, 0.25) is 0 Å². The molecule has 2 aliphatic rings. The minimum atomic E-state index is -3.76. The number of fused-ring (bicyclic) bond motifs is 4. The van der Waals surface area contributed by atoms with Crippen LogP contribution in [-0.2, 0) is 10.0 Å². The highest BCUT2D eigenvalue weighted by Gasteiger charge is 2.38. The van der Waals surface area contributed by atoms with Crippen molar-refractivity contribution in [2.24, 2.45) is 5.92 Å². The van der Waals surface area contributed by atoms with Gasteiger partial charge >= 0.3 is 0 Å². The zero-order valence-electron chi connectivity index (χ0n) is 18.3. The highest BCUT2D eigenvalue weighted by Crippen LogP contribution is 2.50. The van der Waals surface area contributed by atoms with Crippen molar-refractivity contribution in [2.45, 2.75) is 23.3 Å². The summed E-state index contributed by atoms with van der Waals surface area (Å²) in [5, 5.41) is 6.23. The molecular weight excluding hydrogens is 464 g/mol. The molecule has 1 aliphatic heterocycles. The maximum absolute atomic E-state index is 13.4. The zero-order chi connectivity index (χ0) is 23.3. The van der Waals surface area contributed by atoms with Crippen molar-refractivity contribution < 1.29 is 8.42 Å². The first-order valence-corrected chi connectivity index (χ1v) is 13.2. The predicted octanol–water partition coefficient (Wildman–Crippen LogP) is 7.12. The van der Waals surface area contributed by atoms with Gasteiger partial charge in [-0.2, -0.15) is 0 Å². The molecule has 0 aromatic heterocycles. The monoisotopic (exact) mass is 486 g/mol. The second kappa shape index (κ2) is 8.19. The summed E-state index contributed by atoms with van der Waals surface area (Å²) in [6.45, 7) is 0. The van der Waals surface area contributed by atoms with Gasteiger partial charge in [0.1, 0.15) is 0 Å². The van der Waals surface area contributed by atoms with Crippen molar-refractivity contribution in [3.05, 3.63) is 113 Å². The zero-order valence-corrected chi connectivity index (χ0v) is 19.9. The molecule has 2 N–H and O–H groups in total. The second-order valence-corrected chi connectivity index (χ2v) is 11.0. The third kappa shape index (κ3) is 3.65. The van der Waals surface area contributed by atoms with Crippen molar-refractivity contribution in [1.82, 2.24) is 0 Å². The van der Waals surface area contributed by atoms with E-state index in [1.807, 2.05) is 66.7 Å². The molecule has 0 unspecified atom stereocenters. The van der Waals surface area contributed by atoms with Crippen LogP contribution in [-0.4, -0.2) is 8.42 Å². The van der Waals surface area contributed by atoms with E-state index in [2.05, 4.69) is 28.3 Å². The first-order chi connectivity index (χ1) is 16.5. The number of hydrogen-bond acceptors (Lipinski definition) is 3. The summed E-state index contributed by atoms with van der Waals surface area (Å²) in [7, 11) is -3.76. The molecule has 1 heterocycles. The Labute approximate surface area is 204 Å². The van der Waals surface area contributed by atoms with Gasteiger partial charge < -0.3 is 5.32 Å². The number of rotatable bonds is 4. The average molecular weight is 487 g/mol. The summed E-state index contributed by atoms with van der Waals surface area (Å²) in [4.78, 5) is 0.265. The second-order valence-electron chi connectivity index (χ2n) is 8.91. The summed E-state index contributed by atoms with van der Waals surface area (Å²) in [5.74, 6) is 0.447. The van der Waals surface area contributed by atoms with Crippen LogP contribution in [0.15, 0.2) is 102 Å². The Hall–Kier alpha value is -3.28. The Kier molecular flexibility index (Phi) is 5.12. The maximum Gasteiger partial charge on any atom is 0.261 e. The van der Waals surface area contributed by atoms with Crippen LogP contribution in [0.1, 0.15) is 29.5 Å². The predicted molar refractivity (Wildman–Crippen MR) is 139 cm³/mol. The van der Waals surface area contributed by atoms with E-state index in [0.29, 0.717) is 16.6 Å². The normalized spacial score (nSPS) is 21.0. The van der Waals surface area contributed by atoms with Crippen molar-refractivity contribution in [2.75, 3.05) is 10.0 Å². The Morgan fingerprint density at radius 2 is 1.74 bits per heavy atom. The molecule has 0 saturated carbocycles. The topological polar surface area (TPSA) is 58.2 Å². The molecule has 170 valence electrons. The molecule has 4 aromatic rings. The largest absolute Gasteiger partial charge is 0.378 e. The molecule has 0 radical (unpaired) electrons. The van der Waals surface area contributed by atoms with Crippen molar-refractivity contribution >= 4 is 43.8 Å². The number of nitrogens with one attached hydrogen (secondary N) is 2. The molecule has 4 aromatic carbocycles. The van der Waals surface area contributed by atoms with Gasteiger partial charge in [-0.15, -0.1) is 0 Å². The Morgan fingerprint density at radius 3 is 2.62 bits per heavy atom. The van der Waals surface area contributed by atoms with E-state index < -0.39 is 10.0 Å². The Balaban J connectivity index is 1.36. The van der Waals surface area contributed by atoms with Gasteiger partial charge in [0.05, 0.1) is 16.6 Å². The summed E-state index contributed by atoms with van der Waals surface area (Å²) < 4.78 is 29.6. The molecule has 0 amide bonds. The molecule has 6 rings (SSSR count). The molecule has 0 spiro atoms. The van der Waals surface area contributed by atoms with E-state index in [9.17, 15) is 8.42 Å². The smallest absolute Gasteiger partial charge is 0.261 e. The van der Waals surface area contributed by atoms with E-state index in [-0.39, 0.29) is 16.9 Å². The van der Waals surface area contributed by atoms with Crippen LogP contribution in [0.25, 0.3) is 10.8 Å². The molecule has 0 bridgehead atoms. The van der Waals surface area contributed by atoms with Gasteiger partial charge in [-0.25, -0.2) is 8.42 Å². The lowest BCUT2D eigenvalue weighted by molar-refractivity contribution is 0.425. The number of allylic oxidation sites excluding steroid dienone is 2. The minimum Gasteiger partial charge on any atom is -0.378 e. The van der Waals surface area contributed by atoms with Crippen molar-refractivity contribution in [3.63, 3.8) is 0 Å². The SMILES string of the molecule is O=S(=O)(Nc1cccc2ccccc12)c1ccc2c(c1)[C@@H]1C=CC[C@H]1[C@H](c1cccc(Cl)c1)N2. The Morgan fingerprint density at radius 1 is 0.912 bits per heavy atom. The molecule has 6 heteroatoms. The van der Waals surface area contributed by atoms with E-state index >= 15 is 0 Å². The standard InChI is InChI=1S/C28H23ClN2O2S/c29-20-9-3-8-19(16-20)28-24-12-5-11-23(24)25-17-21(14-15-26(25)30-28)34(32,33)31-27-13-4-7-18-6-1-2-10-22(18)27/h1-11,13-17,23-24,28,30-31H,12H2/t23-,24-,28+/m1/s1. The fourth-order valence-corrected chi connectivity index (χ4v) is 6.60. The highest BCUT2D eigenvalue weighted by atomic mass is 35.5. The van der Waals surface area contributed by atoms with Gasteiger partial charge in [-0.05, 0) is 65.3 Å². The lowest BCUT2D eigenvalue weighted by Gasteiger charge is -2.37. The van der Waals surface area contributed by atoms with E-state index in [1.54, 1.807) is 12.1 Å². The van der Waals surface area contributed by atoms with Crippen LogP contribution in [0.2, 0.25) is 5.02 Å². The number of anilines is 2. The van der Waals surface area contributed by atoms with Crippen molar-refractivity contribution in [3.8, 4) is 0 Å². The summed E-state index contributed by atoms with van der Waals surface area (Å²) in [5.41, 5.74) is 3.69. The first-order valence-electron chi connectivity index (χ1n) is 11.3. The number of halogens is 1. The number of hydrogen-bond donors (Lipinski definition) is 2. The molecule has 4 nitrogen and oxygen atoms in total. The molecule has 0 saturated heterocycles. The molecule has 34 heavy (non-hydrogen) atoms. The Bertz CT molecular complexity index is 1540. The van der Waals surface area contributed by atoms with Crippen LogP contribution in [0.5, 0.6) is 0 Å². The third-order valence-corrected chi connectivity index (χ3v) is 8.48. The first kappa shape index (κ1) is 21.3. The van der Waals surface area contributed by atoms with Gasteiger partial charge in [0, 0.05) is 22.0 Å². The minimum absolute atomic E-state index is 0.113. The van der Waals surface area contributed by atoms with Gasteiger partial charge in [-0.1, -0.05) is 72.3 Å². The fraction of sp³-hybridized carbons (Fsp3) is 0.143. The highest BCUT2D eigenvalue weighted by molar-refractivity contribution is 7.92. The lowest BCUT2D eigenvalue weighted by Crippen LogP contribution is -2.29. The molecular formula is C28H23ClN2O2S. The summed E-state index contributed by atoms with van der Waals surface area (Å²) in [6, 6.07) is 26.8. The van der Waals surface area contributed by atoms with Crippen molar-refractivity contribution in [1.29, 1.82) is 0 Å². The van der Waals surface area contributed by atoms with Crippen LogP contribution < -0.4 is 10.0 Å². The van der Waals surface area contributed by atoms with Gasteiger partial charge in [-0.3, -0.25) is 4.72 Å². The quantitative estimate of drug-likeness (QED) is 0.302. The van der Waals surface area contributed by atoms with Crippen LogP contribution in [0.4, 0.5) is 11.4 Å². The van der Waals surface area contributed by atoms with Gasteiger partial charge in [0.15, 0.2) is 0 Å². The van der Waals surface area contributed by atoms with E-state index in [0.717, 1.165) is 34.0 Å². The summed E-state index contributed by atoms with van der Waals surface area (Å²) >= 11 is 6.26. The third-order valence-electron chi connectivity index (χ3n) is 6.89. The molecule has 1 aliphatic carbocycles. The lowest BCUT2D eigenvalue weighted by atomic mass is 9.77. The van der Waals surface area contributed by atoms with E-state index in [1.165, 1.54) is 0 Å². The number of sulfonamides is 1. The van der Waals surface area contributed by atoms with Crippen LogP contribution in [0, 0.1) is 5.92 Å². The van der Waals surface area contributed by atoms with E-state index in [4.69, 9.17) is 11.6 Å². The average Bonchev–Trinajstić information content (AvgIpc) is 3.34. The fourth-order valence-electron chi connectivity index (χ4n) is 5.29. The van der Waals surface area contributed by atoms with Gasteiger partial charge in [0.25, 0.3) is 10.0 Å². The number of benzene rings is 4. The van der Waals surface area contributed by atoms with Crippen LogP contribution >= 0.6 is 11.6 Å². The maximum atomic E-state index is 13.4. The van der Waals surface area contributed by atoms with Crippen LogP contribution in [0.3, 0.4) is 0 Å². The summed E-state index contributed by atoms with van der Waals surface area (Å²) in [6.07, 6.45) is 5.33.